The molecule has 0 radical (unpaired) electrons. The number of hydrogen-bond acceptors (Lipinski definition) is 9. The molecule has 2 fully saturated rings. The summed E-state index contributed by atoms with van der Waals surface area (Å²) in [6.45, 7) is 10.8. The van der Waals surface area contributed by atoms with Gasteiger partial charge in [0.1, 0.15) is 40.3 Å². The van der Waals surface area contributed by atoms with E-state index in [9.17, 15) is 24.3 Å². The molecular formula is C36H50ClN3O9. The second kappa shape index (κ2) is 15.1. The SMILES string of the molecule is CCCC(=O)N(C)C(C)C(=O)OC1CC(=O)N(C)c2cc(cc(OC)c2Cl)C/C(C)=C/C=C/C(C)C2(O)CC(OC(=O)N2)C(C)C2OC12C. The molecule has 0 spiro atoms. The van der Waals surface area contributed by atoms with Crippen molar-refractivity contribution in [2.24, 2.45) is 11.8 Å². The van der Waals surface area contributed by atoms with Crippen LogP contribution in [0.4, 0.5) is 10.5 Å². The maximum atomic E-state index is 14.0. The lowest BCUT2D eigenvalue weighted by Gasteiger charge is -2.41. The van der Waals surface area contributed by atoms with Gasteiger partial charge < -0.3 is 33.9 Å². The molecule has 0 aliphatic carbocycles. The summed E-state index contributed by atoms with van der Waals surface area (Å²) in [5, 5.41) is 14.5. The summed E-state index contributed by atoms with van der Waals surface area (Å²) in [4.78, 5) is 55.6. The molecule has 8 atom stereocenters. The third-order valence-corrected chi connectivity index (χ3v) is 10.5. The van der Waals surface area contributed by atoms with E-state index in [0.717, 1.165) is 11.1 Å². The summed E-state index contributed by atoms with van der Waals surface area (Å²) in [7, 11) is 4.63. The molecule has 4 rings (SSSR count). The lowest BCUT2D eigenvalue weighted by molar-refractivity contribution is -0.162. The van der Waals surface area contributed by atoms with Crippen LogP contribution in [0.25, 0.3) is 0 Å². The van der Waals surface area contributed by atoms with Gasteiger partial charge in [0, 0.05) is 38.8 Å². The first kappa shape index (κ1) is 38.2. The van der Waals surface area contributed by atoms with Crippen molar-refractivity contribution in [3.63, 3.8) is 0 Å². The van der Waals surface area contributed by atoms with Crippen molar-refractivity contribution >= 4 is 41.2 Å². The molecule has 3 amide bonds. The number of methoxy groups -OCH3 is 1. The number of esters is 1. The highest BCUT2D eigenvalue weighted by Crippen LogP contribution is 2.49. The molecule has 8 unspecified atom stereocenters. The highest BCUT2D eigenvalue weighted by Gasteiger charge is 2.64. The Hall–Kier alpha value is -3.61. The highest BCUT2D eigenvalue weighted by molar-refractivity contribution is 6.35. The number of epoxide rings is 1. The number of benzene rings is 1. The fourth-order valence-electron chi connectivity index (χ4n) is 6.51. The van der Waals surface area contributed by atoms with Gasteiger partial charge in [-0.2, -0.15) is 0 Å². The van der Waals surface area contributed by atoms with Gasteiger partial charge in [0.05, 0.1) is 25.3 Å². The number of nitrogens with zero attached hydrogens (tertiary/aromatic N) is 2. The number of anilines is 1. The lowest BCUT2D eigenvalue weighted by atomic mass is 9.82. The van der Waals surface area contributed by atoms with Gasteiger partial charge in [-0.25, -0.2) is 9.59 Å². The van der Waals surface area contributed by atoms with E-state index in [1.807, 2.05) is 58.1 Å². The van der Waals surface area contributed by atoms with Crippen LogP contribution >= 0.6 is 11.6 Å². The number of carbonyl (C=O) groups excluding carboxylic acids is 4. The third kappa shape index (κ3) is 8.24. The normalized spacial score (nSPS) is 32.8. The number of rotatable bonds is 6. The van der Waals surface area contributed by atoms with E-state index in [1.54, 1.807) is 20.9 Å². The predicted octanol–water partition coefficient (Wildman–Crippen LogP) is 4.94. The lowest BCUT2D eigenvalue weighted by Crippen LogP contribution is -2.60. The largest absolute Gasteiger partial charge is 0.495 e. The summed E-state index contributed by atoms with van der Waals surface area (Å²) in [6.07, 6.45) is 3.56. The van der Waals surface area contributed by atoms with Crippen molar-refractivity contribution in [2.75, 3.05) is 26.1 Å². The number of allylic oxidation sites excluding steroid dienone is 3. The number of alkyl carbamates (subject to hydrolysis) is 1. The van der Waals surface area contributed by atoms with Gasteiger partial charge in [-0.1, -0.05) is 56.2 Å². The van der Waals surface area contributed by atoms with Crippen LogP contribution in [0.3, 0.4) is 0 Å². The van der Waals surface area contributed by atoms with Gasteiger partial charge in [0.15, 0.2) is 0 Å². The van der Waals surface area contributed by atoms with E-state index in [-0.39, 0.29) is 30.2 Å². The van der Waals surface area contributed by atoms with Gasteiger partial charge in [-0.05, 0) is 51.3 Å². The minimum absolute atomic E-state index is 0.0711. The molecule has 2 N–H and O–H groups in total. The molecule has 13 heteroatoms. The fraction of sp³-hybridized carbons (Fsp3) is 0.611. The molecular weight excluding hydrogens is 654 g/mol. The van der Waals surface area contributed by atoms with Crippen molar-refractivity contribution < 1.29 is 43.2 Å². The minimum atomic E-state index is -1.60. The number of aliphatic hydroxyl groups is 1. The van der Waals surface area contributed by atoms with Crippen molar-refractivity contribution in [3.8, 4) is 5.75 Å². The fourth-order valence-corrected chi connectivity index (χ4v) is 6.83. The van der Waals surface area contributed by atoms with Crippen LogP contribution in [0.15, 0.2) is 35.9 Å². The van der Waals surface area contributed by atoms with Crippen molar-refractivity contribution in [3.05, 3.63) is 46.5 Å². The standard InChI is InChI=1S/C36H50ClN3O9/c1-10-12-29(41)39(7)23(5)33(43)48-28-18-30(42)40(8)25-16-24(17-26(46-9)31(25)37)15-20(2)13-11-14-21(3)36(45)19-27(47-34(44)38-36)22(4)32-35(28,6)49-32/h11,13-14,16-17,21-23,27-28,32,45H,10,12,15,18-19H2,1-9H3,(H,38,44)/b14-11+,20-13+. The van der Waals surface area contributed by atoms with Crippen LogP contribution in [-0.4, -0.2) is 90.8 Å². The predicted molar refractivity (Wildman–Crippen MR) is 184 cm³/mol. The van der Waals surface area contributed by atoms with Crippen LogP contribution in [-0.2, 0) is 35.0 Å². The van der Waals surface area contributed by atoms with Gasteiger partial charge in [-0.15, -0.1) is 0 Å². The number of likely N-dealkylation sites (N-methyl/N-ethyl adjacent to an activating group) is 1. The maximum Gasteiger partial charge on any atom is 0.409 e. The van der Waals surface area contributed by atoms with Gasteiger partial charge in [-0.3, -0.25) is 14.9 Å². The van der Waals surface area contributed by atoms with Crippen molar-refractivity contribution in [1.82, 2.24) is 10.2 Å². The smallest absolute Gasteiger partial charge is 0.409 e. The first-order valence-corrected chi connectivity index (χ1v) is 17.2. The van der Waals surface area contributed by atoms with E-state index in [1.165, 1.54) is 24.0 Å². The van der Waals surface area contributed by atoms with Crippen LogP contribution in [0.5, 0.6) is 5.75 Å². The minimum Gasteiger partial charge on any atom is -0.495 e. The van der Waals surface area contributed by atoms with Crippen LogP contribution < -0.4 is 15.0 Å². The van der Waals surface area contributed by atoms with E-state index in [4.69, 9.17) is 30.5 Å². The monoisotopic (exact) mass is 703 g/mol. The Balaban J connectivity index is 1.76. The van der Waals surface area contributed by atoms with Gasteiger partial charge in [0.2, 0.25) is 11.8 Å². The zero-order valence-corrected chi connectivity index (χ0v) is 30.6. The van der Waals surface area contributed by atoms with E-state index in [0.29, 0.717) is 24.3 Å². The van der Waals surface area contributed by atoms with Crippen LogP contribution in [0.1, 0.15) is 72.8 Å². The number of halogens is 1. The zero-order valence-electron chi connectivity index (χ0n) is 29.9. The first-order valence-electron chi connectivity index (χ1n) is 16.8. The Bertz CT molecular complexity index is 1510. The molecule has 3 heterocycles. The molecule has 3 aliphatic rings. The average Bonchev–Trinajstić information content (AvgIpc) is 3.74. The second-order valence-electron chi connectivity index (χ2n) is 13.8. The number of amides is 3. The Morgan fingerprint density at radius 3 is 2.61 bits per heavy atom. The number of nitrogens with one attached hydrogen (secondary N) is 1. The second-order valence-corrected chi connectivity index (χ2v) is 14.2. The Kier molecular flexibility index (Phi) is 11.8. The molecule has 0 saturated carbocycles. The third-order valence-electron chi connectivity index (χ3n) is 10.1. The molecule has 1 aromatic carbocycles. The van der Waals surface area contributed by atoms with Crippen molar-refractivity contribution in [2.45, 2.75) is 109 Å². The first-order chi connectivity index (χ1) is 22.9. The molecule has 49 heavy (non-hydrogen) atoms. The Morgan fingerprint density at radius 1 is 1.27 bits per heavy atom. The van der Waals surface area contributed by atoms with E-state index in [2.05, 4.69) is 5.32 Å². The van der Waals surface area contributed by atoms with Crippen LogP contribution in [0.2, 0.25) is 5.02 Å². The summed E-state index contributed by atoms with van der Waals surface area (Å²) in [5.41, 5.74) is -0.528. The molecule has 1 aromatic rings. The van der Waals surface area contributed by atoms with Crippen molar-refractivity contribution in [1.29, 1.82) is 0 Å². The Labute approximate surface area is 293 Å². The summed E-state index contributed by atoms with van der Waals surface area (Å²) < 4.78 is 23.5. The summed E-state index contributed by atoms with van der Waals surface area (Å²) in [6, 6.07) is 2.70. The number of carbonyl (C=O) groups is 4. The van der Waals surface area contributed by atoms with E-state index >= 15 is 0 Å². The van der Waals surface area contributed by atoms with Gasteiger partial charge >= 0.3 is 12.1 Å². The molecule has 2 saturated heterocycles. The van der Waals surface area contributed by atoms with Gasteiger partial charge in [0.25, 0.3) is 0 Å². The molecule has 0 aromatic heterocycles. The highest BCUT2D eigenvalue weighted by atomic mass is 35.5. The molecule has 270 valence electrons. The molecule has 12 nitrogen and oxygen atoms in total. The zero-order chi connectivity index (χ0) is 36.4. The molecule has 3 aliphatic heterocycles. The Morgan fingerprint density at radius 2 is 1.96 bits per heavy atom. The topological polar surface area (TPSA) is 147 Å². The summed E-state index contributed by atoms with van der Waals surface area (Å²) >= 11 is 6.73. The number of hydrogen-bond donors (Lipinski definition) is 2. The number of ether oxygens (including phenoxy) is 4. The maximum absolute atomic E-state index is 14.0. The summed E-state index contributed by atoms with van der Waals surface area (Å²) in [5.74, 6) is -1.86. The molecule has 4 bridgehead atoms. The number of fused-ring (bicyclic) bond motifs is 5. The quantitative estimate of drug-likeness (QED) is 0.311. The average molecular weight is 704 g/mol. The van der Waals surface area contributed by atoms with Crippen LogP contribution in [0, 0.1) is 11.8 Å². The van der Waals surface area contributed by atoms with E-state index < -0.39 is 65.5 Å².